The van der Waals surface area contributed by atoms with Crippen LogP contribution in [-0.2, 0) is 4.84 Å². The molecule has 0 aromatic heterocycles. The van der Waals surface area contributed by atoms with Crippen molar-refractivity contribution in [2.45, 2.75) is 6.18 Å². The van der Waals surface area contributed by atoms with Crippen LogP contribution in [0.1, 0.15) is 0 Å². The van der Waals surface area contributed by atoms with E-state index in [0.29, 0.717) is 6.08 Å². The topological polar surface area (TPSA) is 21.3 Å². The van der Waals surface area contributed by atoms with Crippen LogP contribution in [0.15, 0.2) is 11.8 Å². The molecule has 5 heteroatoms. The summed E-state index contributed by atoms with van der Waals surface area (Å²) in [4.78, 5) is 3.89. The van der Waals surface area contributed by atoms with E-state index in [1.54, 1.807) is 0 Å². The fourth-order valence-corrected chi connectivity index (χ4v) is 0.349. The fourth-order valence-electron chi connectivity index (χ4n) is 0.349. The summed E-state index contributed by atoms with van der Waals surface area (Å²) in [6.45, 7) is 2.02. The van der Waals surface area contributed by atoms with Crippen LogP contribution in [0.25, 0.3) is 0 Å². The van der Waals surface area contributed by atoms with Crippen molar-refractivity contribution in [1.82, 2.24) is 5.48 Å². The average molecular weight is 137 g/mol. The third kappa shape index (κ3) is 1.35. The van der Waals surface area contributed by atoms with Gasteiger partial charge in [0.2, 0.25) is 5.76 Å². The van der Waals surface area contributed by atoms with Crippen LogP contribution in [0.2, 0.25) is 0 Å². The van der Waals surface area contributed by atoms with Gasteiger partial charge in [-0.25, -0.2) is 0 Å². The summed E-state index contributed by atoms with van der Waals surface area (Å²) >= 11 is 0. The van der Waals surface area contributed by atoms with Gasteiger partial charge in [-0.2, -0.15) is 13.2 Å². The van der Waals surface area contributed by atoms with Crippen LogP contribution < -0.4 is 5.48 Å². The van der Waals surface area contributed by atoms with Crippen LogP contribution in [-0.4, -0.2) is 6.18 Å². The van der Waals surface area contributed by atoms with Crippen molar-refractivity contribution in [3.8, 4) is 0 Å². The van der Waals surface area contributed by atoms with E-state index in [4.69, 9.17) is 0 Å². The molecule has 0 aliphatic carbocycles. The lowest BCUT2D eigenvalue weighted by Crippen LogP contribution is -2.14. The van der Waals surface area contributed by atoms with E-state index in [0.717, 1.165) is 0 Å². The maximum atomic E-state index is 11.5. The molecule has 0 aromatic carbocycles. The van der Waals surface area contributed by atoms with Crippen molar-refractivity contribution in [3.05, 3.63) is 18.4 Å². The number of alkyl halides is 3. The summed E-state index contributed by atoms with van der Waals surface area (Å²) in [5, 5.41) is 0. The molecule has 0 amide bonds. The second kappa shape index (κ2) is 1.91. The molecule has 0 spiro atoms. The van der Waals surface area contributed by atoms with Crippen molar-refractivity contribution in [3.63, 3.8) is 0 Å². The Hall–Kier alpha value is -0.710. The van der Waals surface area contributed by atoms with Gasteiger partial charge in [0.1, 0.15) is 6.54 Å². The zero-order valence-electron chi connectivity index (χ0n) is 4.12. The van der Waals surface area contributed by atoms with E-state index in [1.807, 2.05) is 12.0 Å². The van der Waals surface area contributed by atoms with Gasteiger partial charge in [0.05, 0.1) is 0 Å². The molecule has 0 fully saturated rings. The largest absolute Gasteiger partial charge is 0.451 e. The first-order valence-electron chi connectivity index (χ1n) is 2.05. The van der Waals surface area contributed by atoms with Crippen LogP contribution in [0.5, 0.6) is 0 Å². The Labute approximate surface area is 49.3 Å². The first-order valence-corrected chi connectivity index (χ1v) is 2.05. The zero-order chi connectivity index (χ0) is 6.91. The summed E-state index contributed by atoms with van der Waals surface area (Å²) in [5.41, 5.74) is 1.82. The van der Waals surface area contributed by atoms with Crippen LogP contribution >= 0.6 is 0 Å². The highest BCUT2D eigenvalue weighted by Gasteiger charge is 2.38. The lowest BCUT2D eigenvalue weighted by Gasteiger charge is -2.04. The van der Waals surface area contributed by atoms with Crippen LogP contribution in [0.4, 0.5) is 13.2 Å². The van der Waals surface area contributed by atoms with Crippen molar-refractivity contribution < 1.29 is 18.0 Å². The van der Waals surface area contributed by atoms with Gasteiger partial charge in [0.15, 0.2) is 0 Å². The lowest BCUT2D eigenvalue weighted by molar-refractivity contribution is -0.135. The molecule has 2 nitrogen and oxygen atoms in total. The first kappa shape index (κ1) is 6.41. The highest BCUT2D eigenvalue weighted by Crippen LogP contribution is 2.27. The second-order valence-corrected chi connectivity index (χ2v) is 1.35. The van der Waals surface area contributed by atoms with Gasteiger partial charge in [-0.3, -0.25) is 0 Å². The number of hydroxylamine groups is 1. The van der Waals surface area contributed by atoms with Gasteiger partial charge in [-0.15, -0.1) is 5.48 Å². The summed E-state index contributed by atoms with van der Waals surface area (Å²) in [5.74, 6) is -1.07. The molecule has 0 saturated heterocycles. The predicted molar refractivity (Wildman–Crippen MR) is 21.6 cm³/mol. The van der Waals surface area contributed by atoms with Gasteiger partial charge >= 0.3 is 6.18 Å². The Bertz CT molecular complexity index is 139. The Morgan fingerprint density at radius 2 is 2.22 bits per heavy atom. The summed E-state index contributed by atoms with van der Waals surface area (Å²) < 4.78 is 34.5. The standard InChI is InChI=1S/C4H2F3NO/c5-4(6,7)3-1-2-8-9-3/h1,8H. The third-order valence-corrected chi connectivity index (χ3v) is 0.703. The highest BCUT2D eigenvalue weighted by molar-refractivity contribution is 5.09. The normalized spacial score (nSPS) is 19.2. The summed E-state index contributed by atoms with van der Waals surface area (Å²) in [6, 6.07) is 0. The smallest absolute Gasteiger partial charge is 0.403 e. The molecule has 1 rings (SSSR count). The minimum absolute atomic E-state index is 0.694. The second-order valence-electron chi connectivity index (χ2n) is 1.35. The van der Waals surface area contributed by atoms with E-state index in [-0.39, 0.29) is 0 Å². The van der Waals surface area contributed by atoms with E-state index in [9.17, 15) is 13.2 Å². The number of allylic oxidation sites excluding steroid dienone is 1. The van der Waals surface area contributed by atoms with Crippen molar-refractivity contribution >= 4 is 0 Å². The van der Waals surface area contributed by atoms with Crippen LogP contribution in [0, 0.1) is 6.54 Å². The number of hydrogen-bond acceptors (Lipinski definition) is 2. The van der Waals surface area contributed by atoms with Gasteiger partial charge in [0.25, 0.3) is 0 Å². The molecular weight excluding hydrogens is 135 g/mol. The Morgan fingerprint density at radius 1 is 1.56 bits per heavy atom. The van der Waals surface area contributed by atoms with Gasteiger partial charge in [0, 0.05) is 0 Å². The van der Waals surface area contributed by atoms with Crippen molar-refractivity contribution in [2.24, 2.45) is 0 Å². The zero-order valence-corrected chi connectivity index (χ0v) is 4.12. The molecule has 0 unspecified atom stereocenters. The number of hydrogen-bond donors (Lipinski definition) is 1. The molecule has 1 aliphatic heterocycles. The number of nitrogens with one attached hydrogen (secondary N) is 1. The van der Waals surface area contributed by atoms with E-state index in [1.165, 1.54) is 0 Å². The lowest BCUT2D eigenvalue weighted by atomic mass is 10.4. The monoisotopic (exact) mass is 137 g/mol. The molecule has 1 aliphatic rings. The van der Waals surface area contributed by atoms with Gasteiger partial charge in [-0.1, -0.05) is 0 Å². The minimum atomic E-state index is -4.41. The maximum Gasteiger partial charge on any atom is 0.451 e. The molecule has 50 valence electrons. The Morgan fingerprint density at radius 3 is 2.44 bits per heavy atom. The highest BCUT2D eigenvalue weighted by atomic mass is 19.4. The first-order chi connectivity index (χ1) is 4.11. The van der Waals surface area contributed by atoms with E-state index < -0.39 is 11.9 Å². The number of rotatable bonds is 0. The molecule has 1 N–H and O–H groups in total. The van der Waals surface area contributed by atoms with Crippen molar-refractivity contribution in [2.75, 3.05) is 0 Å². The average Bonchev–Trinajstić information content (AvgIpc) is 2.08. The molecule has 0 saturated carbocycles. The molecule has 0 atom stereocenters. The summed E-state index contributed by atoms with van der Waals surface area (Å²) in [7, 11) is 0. The Balaban J connectivity index is 2.61. The molecule has 0 bridgehead atoms. The molecule has 0 aromatic rings. The van der Waals surface area contributed by atoms with E-state index in [2.05, 4.69) is 4.84 Å². The predicted octanol–water partition coefficient (Wildman–Crippen LogP) is 1.01. The maximum absolute atomic E-state index is 11.5. The molecule has 2 radical (unpaired) electrons. The molecular formula is C4H2F3NO. The SMILES string of the molecule is FC(F)(F)C1=C[C]NO1. The number of halogens is 3. The minimum Gasteiger partial charge on any atom is -0.403 e. The van der Waals surface area contributed by atoms with Gasteiger partial charge < -0.3 is 4.84 Å². The molecule has 9 heavy (non-hydrogen) atoms. The third-order valence-electron chi connectivity index (χ3n) is 0.703. The fraction of sp³-hybridized carbons (Fsp3) is 0.250. The Kier molecular flexibility index (Phi) is 1.36. The van der Waals surface area contributed by atoms with Gasteiger partial charge in [-0.05, 0) is 6.08 Å². The van der Waals surface area contributed by atoms with Crippen LogP contribution in [0.3, 0.4) is 0 Å². The quantitative estimate of drug-likeness (QED) is 0.537. The van der Waals surface area contributed by atoms with Crippen molar-refractivity contribution in [1.29, 1.82) is 0 Å². The van der Waals surface area contributed by atoms with E-state index >= 15 is 0 Å². The molecule has 1 heterocycles. The summed E-state index contributed by atoms with van der Waals surface area (Å²) in [6.07, 6.45) is -3.71.